The molecule has 0 aromatic carbocycles. The third kappa shape index (κ3) is 4.43. The molecule has 5 nitrogen and oxygen atoms in total. The fourth-order valence-corrected chi connectivity index (χ4v) is 3.84. The van der Waals surface area contributed by atoms with Crippen molar-refractivity contribution in [2.45, 2.75) is 57.9 Å². The minimum absolute atomic E-state index is 0.189. The lowest BCUT2D eigenvalue weighted by Gasteiger charge is -2.44. The van der Waals surface area contributed by atoms with E-state index in [4.69, 9.17) is 4.74 Å². The van der Waals surface area contributed by atoms with E-state index in [9.17, 15) is 9.59 Å². The minimum Gasteiger partial charge on any atom is -0.467 e. The monoisotopic (exact) mass is 296 g/mol. The Morgan fingerprint density at radius 3 is 2.29 bits per heavy atom. The summed E-state index contributed by atoms with van der Waals surface area (Å²) in [7, 11) is 1.37. The van der Waals surface area contributed by atoms with E-state index in [0.29, 0.717) is 12.0 Å². The van der Waals surface area contributed by atoms with Crippen LogP contribution in [0.15, 0.2) is 0 Å². The average Bonchev–Trinajstić information content (AvgIpc) is 2.48. The van der Waals surface area contributed by atoms with Crippen LogP contribution in [0.1, 0.15) is 51.9 Å². The zero-order chi connectivity index (χ0) is 15.3. The number of methoxy groups -OCH3 is 1. The number of hydrogen-bond acceptors (Lipinski definition) is 4. The van der Waals surface area contributed by atoms with E-state index in [1.165, 1.54) is 59.0 Å². The Labute approximate surface area is 127 Å². The highest BCUT2D eigenvalue weighted by Crippen LogP contribution is 2.44. The third-order valence-electron chi connectivity index (χ3n) is 5.13. The Hall–Kier alpha value is -1.10. The van der Waals surface area contributed by atoms with Crippen molar-refractivity contribution >= 4 is 11.9 Å². The summed E-state index contributed by atoms with van der Waals surface area (Å²) in [6, 6.07) is -0.548. The molecule has 1 saturated heterocycles. The number of ether oxygens (including phenoxy) is 1. The van der Waals surface area contributed by atoms with Crippen LogP contribution < -0.4 is 5.32 Å². The van der Waals surface area contributed by atoms with Crippen LogP contribution in [-0.2, 0) is 14.3 Å². The first-order chi connectivity index (χ1) is 10.0. The van der Waals surface area contributed by atoms with E-state index >= 15 is 0 Å². The van der Waals surface area contributed by atoms with Gasteiger partial charge in [0.2, 0.25) is 5.91 Å². The molecule has 120 valence electrons. The second kappa shape index (κ2) is 7.25. The van der Waals surface area contributed by atoms with Crippen molar-refractivity contribution in [2.75, 3.05) is 26.7 Å². The predicted octanol–water partition coefficient (Wildman–Crippen LogP) is 1.71. The van der Waals surface area contributed by atoms with Gasteiger partial charge in [0.25, 0.3) is 0 Å². The molecule has 0 aromatic heterocycles. The molecule has 1 N–H and O–H groups in total. The molecule has 5 heteroatoms. The third-order valence-corrected chi connectivity index (χ3v) is 5.13. The second-order valence-corrected chi connectivity index (χ2v) is 6.64. The normalized spacial score (nSPS) is 23.5. The Morgan fingerprint density at radius 1 is 1.14 bits per heavy atom. The predicted molar refractivity (Wildman–Crippen MR) is 80.8 cm³/mol. The molecule has 1 unspecified atom stereocenters. The maximum Gasteiger partial charge on any atom is 0.329 e. The van der Waals surface area contributed by atoms with Gasteiger partial charge in [0, 0.05) is 13.5 Å². The van der Waals surface area contributed by atoms with Crippen LogP contribution in [0, 0.1) is 5.41 Å². The Balaban J connectivity index is 1.85. The quantitative estimate of drug-likeness (QED) is 0.802. The van der Waals surface area contributed by atoms with Gasteiger partial charge < -0.3 is 15.0 Å². The number of carbonyl (C=O) groups excluding carboxylic acids is 2. The Bertz CT molecular complexity index is 368. The first kappa shape index (κ1) is 16.3. The van der Waals surface area contributed by atoms with Crippen molar-refractivity contribution in [3.8, 4) is 0 Å². The zero-order valence-electron chi connectivity index (χ0n) is 13.3. The summed E-state index contributed by atoms with van der Waals surface area (Å²) in [6.07, 6.45) is 9.31. The number of esters is 1. The van der Waals surface area contributed by atoms with E-state index in [1.54, 1.807) is 0 Å². The van der Waals surface area contributed by atoms with Crippen molar-refractivity contribution in [1.82, 2.24) is 10.2 Å². The second-order valence-electron chi connectivity index (χ2n) is 6.64. The number of hydrogen-bond donors (Lipinski definition) is 1. The fourth-order valence-electron chi connectivity index (χ4n) is 3.84. The van der Waals surface area contributed by atoms with E-state index in [2.05, 4.69) is 10.2 Å². The molecule has 1 amide bonds. The lowest BCUT2D eigenvalue weighted by Crippen LogP contribution is -2.51. The highest BCUT2D eigenvalue weighted by atomic mass is 16.5. The number of nitrogens with zero attached hydrogens (tertiary/aromatic N) is 1. The summed E-state index contributed by atoms with van der Waals surface area (Å²) in [6.45, 7) is 4.03. The van der Waals surface area contributed by atoms with Gasteiger partial charge in [-0.15, -0.1) is 0 Å². The number of rotatable bonds is 4. The van der Waals surface area contributed by atoms with E-state index in [0.717, 1.165) is 13.1 Å². The smallest absolute Gasteiger partial charge is 0.329 e. The average molecular weight is 296 g/mol. The zero-order valence-corrected chi connectivity index (χ0v) is 13.3. The summed E-state index contributed by atoms with van der Waals surface area (Å²) >= 11 is 0. The van der Waals surface area contributed by atoms with Crippen LogP contribution in [0.5, 0.6) is 0 Å². The molecule has 1 aliphatic heterocycles. The molecule has 2 rings (SSSR count). The standard InChI is InChI=1S/C16H28N2O3/c1-13(19)17-14(15(20)21-2)12-18-10-8-16(9-11-18)6-4-3-5-7-16/h14H,3-12H2,1-2H3,(H,17,19). The van der Waals surface area contributed by atoms with Gasteiger partial charge in [0.1, 0.15) is 6.04 Å². The van der Waals surface area contributed by atoms with Crippen molar-refractivity contribution in [2.24, 2.45) is 5.41 Å². The van der Waals surface area contributed by atoms with Gasteiger partial charge in [-0.25, -0.2) is 4.79 Å². The van der Waals surface area contributed by atoms with E-state index in [-0.39, 0.29) is 11.9 Å². The molecule has 1 heterocycles. The first-order valence-electron chi connectivity index (χ1n) is 8.12. The lowest BCUT2D eigenvalue weighted by molar-refractivity contribution is -0.145. The van der Waals surface area contributed by atoms with Crippen molar-refractivity contribution in [1.29, 1.82) is 0 Å². The van der Waals surface area contributed by atoms with E-state index < -0.39 is 6.04 Å². The van der Waals surface area contributed by atoms with Gasteiger partial charge in [0.15, 0.2) is 0 Å². The maximum absolute atomic E-state index is 11.8. The molecule has 21 heavy (non-hydrogen) atoms. The van der Waals surface area contributed by atoms with Crippen molar-refractivity contribution in [3.63, 3.8) is 0 Å². The highest BCUT2D eigenvalue weighted by Gasteiger charge is 2.36. The summed E-state index contributed by atoms with van der Waals surface area (Å²) in [5.41, 5.74) is 0.559. The van der Waals surface area contributed by atoms with Gasteiger partial charge in [-0.2, -0.15) is 0 Å². The van der Waals surface area contributed by atoms with Crippen LogP contribution >= 0.6 is 0 Å². The van der Waals surface area contributed by atoms with Crippen LogP contribution in [-0.4, -0.2) is 49.6 Å². The molecule has 2 aliphatic rings. The summed E-state index contributed by atoms with van der Waals surface area (Å²) in [5, 5.41) is 2.69. The highest BCUT2D eigenvalue weighted by molar-refractivity contribution is 5.83. The first-order valence-corrected chi connectivity index (χ1v) is 8.12. The molecule has 0 bridgehead atoms. The minimum atomic E-state index is -0.548. The summed E-state index contributed by atoms with van der Waals surface area (Å²) < 4.78 is 4.78. The Morgan fingerprint density at radius 2 is 1.76 bits per heavy atom. The summed E-state index contributed by atoms with van der Waals surface area (Å²) in [4.78, 5) is 25.3. The van der Waals surface area contributed by atoms with Gasteiger partial charge in [0.05, 0.1) is 7.11 Å². The topological polar surface area (TPSA) is 58.6 Å². The van der Waals surface area contributed by atoms with Crippen molar-refractivity contribution in [3.05, 3.63) is 0 Å². The number of piperidine rings is 1. The van der Waals surface area contributed by atoms with Crippen LogP contribution in [0.4, 0.5) is 0 Å². The van der Waals surface area contributed by atoms with Crippen molar-refractivity contribution < 1.29 is 14.3 Å². The SMILES string of the molecule is COC(=O)C(CN1CCC2(CCCCC2)CC1)NC(C)=O. The molecule has 2 fully saturated rings. The molecule has 1 aliphatic carbocycles. The number of amides is 1. The molecule has 0 radical (unpaired) electrons. The van der Waals surface area contributed by atoms with Gasteiger partial charge in [-0.05, 0) is 44.2 Å². The molecule has 1 saturated carbocycles. The molecular formula is C16H28N2O3. The molecular weight excluding hydrogens is 268 g/mol. The molecule has 1 spiro atoms. The fraction of sp³-hybridized carbons (Fsp3) is 0.875. The number of likely N-dealkylation sites (tertiary alicyclic amines) is 1. The largest absolute Gasteiger partial charge is 0.467 e. The number of nitrogens with one attached hydrogen (secondary N) is 1. The van der Waals surface area contributed by atoms with Gasteiger partial charge in [-0.3, -0.25) is 4.79 Å². The lowest BCUT2D eigenvalue weighted by atomic mass is 9.68. The van der Waals surface area contributed by atoms with E-state index in [1.807, 2.05) is 0 Å². The van der Waals surface area contributed by atoms with Gasteiger partial charge >= 0.3 is 5.97 Å². The van der Waals surface area contributed by atoms with Gasteiger partial charge in [-0.1, -0.05) is 19.3 Å². The maximum atomic E-state index is 11.8. The van der Waals surface area contributed by atoms with Crippen LogP contribution in [0.3, 0.4) is 0 Å². The molecule has 0 aromatic rings. The Kier molecular flexibility index (Phi) is 5.62. The van der Waals surface area contributed by atoms with Crippen LogP contribution in [0.2, 0.25) is 0 Å². The molecule has 1 atom stereocenters. The van der Waals surface area contributed by atoms with Crippen LogP contribution in [0.25, 0.3) is 0 Å². The number of carbonyl (C=O) groups is 2. The summed E-state index contributed by atoms with van der Waals surface area (Å²) in [5.74, 6) is -0.547.